The molecule has 0 aliphatic heterocycles. The molecule has 0 saturated heterocycles. The van der Waals surface area contributed by atoms with E-state index in [0.717, 1.165) is 26.2 Å². The van der Waals surface area contributed by atoms with E-state index >= 15 is 0 Å². The third kappa shape index (κ3) is 4.83. The highest BCUT2D eigenvalue weighted by molar-refractivity contribution is 9.10. The van der Waals surface area contributed by atoms with E-state index in [9.17, 15) is 13.2 Å². The molecule has 0 aliphatic carbocycles. The smallest absolute Gasteiger partial charge is 0.247 e. The van der Waals surface area contributed by atoms with Crippen LogP contribution in [0, 0.1) is 13.8 Å². The number of sulfonamides is 1. The molecule has 7 heteroatoms. The highest BCUT2D eigenvalue weighted by Gasteiger charge is 2.29. The van der Waals surface area contributed by atoms with E-state index in [2.05, 4.69) is 21.2 Å². The Kier molecular flexibility index (Phi) is 5.90. The molecule has 0 aromatic heterocycles. The van der Waals surface area contributed by atoms with Crippen molar-refractivity contribution in [1.29, 1.82) is 0 Å². The van der Waals surface area contributed by atoms with Gasteiger partial charge in [-0.05, 0) is 56.7 Å². The highest BCUT2D eigenvalue weighted by Crippen LogP contribution is 2.23. The molecule has 0 heterocycles. The Bertz CT molecular complexity index is 880. The van der Waals surface area contributed by atoms with Crippen LogP contribution in [-0.4, -0.2) is 26.6 Å². The van der Waals surface area contributed by atoms with Crippen molar-refractivity contribution < 1.29 is 13.2 Å². The second-order valence-electron chi connectivity index (χ2n) is 6.02. The van der Waals surface area contributed by atoms with Crippen LogP contribution in [-0.2, 0) is 14.8 Å². The molecule has 0 aliphatic rings. The van der Waals surface area contributed by atoms with E-state index in [1.807, 2.05) is 38.1 Å². The number of aryl methyl sites for hydroxylation is 2. The van der Waals surface area contributed by atoms with Gasteiger partial charge in [-0.25, -0.2) is 8.42 Å². The molecule has 2 rings (SSSR count). The van der Waals surface area contributed by atoms with E-state index in [0.29, 0.717) is 11.4 Å². The molecular formula is C18H21BrN2O3S. The third-order valence-corrected chi connectivity index (χ3v) is 5.93. The maximum absolute atomic E-state index is 12.6. The number of carbonyl (C=O) groups excluding carboxylic acids is 1. The van der Waals surface area contributed by atoms with Crippen molar-refractivity contribution in [3.05, 3.63) is 58.1 Å². The first-order chi connectivity index (χ1) is 11.6. The summed E-state index contributed by atoms with van der Waals surface area (Å²) in [6.07, 6.45) is 1.10. The van der Waals surface area contributed by atoms with Crippen molar-refractivity contribution in [2.45, 2.75) is 26.8 Å². The molecule has 134 valence electrons. The number of nitrogens with one attached hydrogen (secondary N) is 1. The van der Waals surface area contributed by atoms with Crippen molar-refractivity contribution in [1.82, 2.24) is 0 Å². The Balaban J connectivity index is 2.29. The monoisotopic (exact) mass is 424 g/mol. The Hall–Kier alpha value is -1.86. The fourth-order valence-electron chi connectivity index (χ4n) is 2.47. The lowest BCUT2D eigenvalue weighted by molar-refractivity contribution is -0.116. The van der Waals surface area contributed by atoms with Gasteiger partial charge in [0.25, 0.3) is 0 Å². The van der Waals surface area contributed by atoms with Crippen LogP contribution < -0.4 is 9.62 Å². The summed E-state index contributed by atoms with van der Waals surface area (Å²) in [6, 6.07) is 11.6. The zero-order valence-electron chi connectivity index (χ0n) is 14.6. The minimum Gasteiger partial charge on any atom is -0.324 e. The summed E-state index contributed by atoms with van der Waals surface area (Å²) in [5.41, 5.74) is 3.07. The second kappa shape index (κ2) is 7.58. The maximum Gasteiger partial charge on any atom is 0.247 e. The van der Waals surface area contributed by atoms with Crippen molar-refractivity contribution in [3.63, 3.8) is 0 Å². The molecular weight excluding hydrogens is 404 g/mol. The number of benzene rings is 2. The van der Waals surface area contributed by atoms with Gasteiger partial charge in [0.05, 0.1) is 11.9 Å². The lowest BCUT2D eigenvalue weighted by Crippen LogP contribution is -2.45. The highest BCUT2D eigenvalue weighted by atomic mass is 79.9. The van der Waals surface area contributed by atoms with Crippen molar-refractivity contribution in [2.75, 3.05) is 15.9 Å². The lowest BCUT2D eigenvalue weighted by atomic mass is 10.2. The molecule has 2 aromatic rings. The van der Waals surface area contributed by atoms with E-state index < -0.39 is 22.0 Å². The Morgan fingerprint density at radius 1 is 1.12 bits per heavy atom. The molecule has 2 aromatic carbocycles. The summed E-state index contributed by atoms with van der Waals surface area (Å²) in [4.78, 5) is 12.6. The van der Waals surface area contributed by atoms with Gasteiger partial charge in [0.15, 0.2) is 0 Å². The summed E-state index contributed by atoms with van der Waals surface area (Å²) in [7, 11) is -3.62. The quantitative estimate of drug-likeness (QED) is 0.791. The average Bonchev–Trinajstić information content (AvgIpc) is 2.51. The van der Waals surface area contributed by atoms with Gasteiger partial charge >= 0.3 is 0 Å². The first-order valence-electron chi connectivity index (χ1n) is 7.72. The number of nitrogens with zero attached hydrogens (tertiary/aromatic N) is 1. The normalized spacial score (nSPS) is 12.5. The number of hydrogen-bond donors (Lipinski definition) is 1. The summed E-state index contributed by atoms with van der Waals surface area (Å²) >= 11 is 3.41. The SMILES string of the molecule is Cc1ccc(N([C@H](C)C(=O)Nc2ccc(Br)c(C)c2)S(C)(=O)=O)cc1. The molecule has 0 saturated carbocycles. The van der Waals surface area contributed by atoms with Crippen LogP contribution in [0.1, 0.15) is 18.1 Å². The van der Waals surface area contributed by atoms with Gasteiger partial charge in [0.2, 0.25) is 15.9 Å². The van der Waals surface area contributed by atoms with Gasteiger partial charge in [0, 0.05) is 10.2 Å². The van der Waals surface area contributed by atoms with Crippen LogP contribution >= 0.6 is 15.9 Å². The molecule has 1 N–H and O–H groups in total. The predicted molar refractivity (Wildman–Crippen MR) is 105 cm³/mol. The van der Waals surface area contributed by atoms with Crippen LogP contribution in [0.5, 0.6) is 0 Å². The Morgan fingerprint density at radius 2 is 1.72 bits per heavy atom. The van der Waals surface area contributed by atoms with Crippen molar-refractivity contribution >= 4 is 43.2 Å². The van der Waals surface area contributed by atoms with Crippen LogP contribution in [0.25, 0.3) is 0 Å². The number of carbonyl (C=O) groups is 1. The average molecular weight is 425 g/mol. The molecule has 5 nitrogen and oxygen atoms in total. The zero-order valence-corrected chi connectivity index (χ0v) is 17.0. The fraction of sp³-hybridized carbons (Fsp3) is 0.278. The van der Waals surface area contributed by atoms with E-state index in [4.69, 9.17) is 0 Å². The predicted octanol–water partition coefficient (Wildman–Crippen LogP) is 3.86. The van der Waals surface area contributed by atoms with Crippen LogP contribution in [0.15, 0.2) is 46.9 Å². The maximum atomic E-state index is 12.6. The van der Waals surface area contributed by atoms with Gasteiger partial charge < -0.3 is 5.32 Å². The fourth-order valence-corrected chi connectivity index (χ4v) is 3.89. The molecule has 0 fully saturated rings. The van der Waals surface area contributed by atoms with Crippen molar-refractivity contribution in [3.8, 4) is 0 Å². The second-order valence-corrected chi connectivity index (χ2v) is 8.74. The number of halogens is 1. The number of rotatable bonds is 5. The summed E-state index contributed by atoms with van der Waals surface area (Å²) in [5.74, 6) is -0.396. The molecule has 0 bridgehead atoms. The largest absolute Gasteiger partial charge is 0.324 e. The topological polar surface area (TPSA) is 66.5 Å². The van der Waals surface area contributed by atoms with Crippen LogP contribution in [0.3, 0.4) is 0 Å². The minimum atomic E-state index is -3.62. The van der Waals surface area contributed by atoms with E-state index in [1.165, 1.54) is 0 Å². The van der Waals surface area contributed by atoms with Crippen LogP contribution in [0.4, 0.5) is 11.4 Å². The molecule has 25 heavy (non-hydrogen) atoms. The number of hydrogen-bond acceptors (Lipinski definition) is 3. The van der Waals surface area contributed by atoms with Gasteiger partial charge in [-0.15, -0.1) is 0 Å². The Morgan fingerprint density at radius 3 is 2.24 bits per heavy atom. The minimum absolute atomic E-state index is 0.396. The van der Waals surface area contributed by atoms with E-state index in [-0.39, 0.29) is 0 Å². The van der Waals surface area contributed by atoms with Gasteiger partial charge in [0.1, 0.15) is 6.04 Å². The molecule has 1 amide bonds. The standard InChI is InChI=1S/C18H21BrN2O3S/c1-12-5-8-16(9-6-12)21(25(4,23)24)14(3)18(22)20-15-7-10-17(19)13(2)11-15/h5-11,14H,1-4H3,(H,20,22)/t14-/m1/s1. The van der Waals surface area contributed by atoms with Crippen molar-refractivity contribution in [2.24, 2.45) is 0 Å². The molecule has 1 atom stereocenters. The van der Waals surface area contributed by atoms with E-state index in [1.54, 1.807) is 25.1 Å². The molecule has 0 unspecified atom stereocenters. The van der Waals surface area contributed by atoms with Gasteiger partial charge in [-0.3, -0.25) is 9.10 Å². The molecule has 0 spiro atoms. The van der Waals surface area contributed by atoms with Gasteiger partial charge in [-0.1, -0.05) is 33.6 Å². The van der Waals surface area contributed by atoms with Gasteiger partial charge in [-0.2, -0.15) is 0 Å². The van der Waals surface area contributed by atoms with Crippen LogP contribution in [0.2, 0.25) is 0 Å². The first kappa shape index (κ1) is 19.5. The summed E-state index contributed by atoms with van der Waals surface area (Å²) < 4.78 is 26.6. The summed E-state index contributed by atoms with van der Waals surface area (Å²) in [6.45, 7) is 5.40. The third-order valence-electron chi connectivity index (χ3n) is 3.80. The summed E-state index contributed by atoms with van der Waals surface area (Å²) in [5, 5.41) is 2.78. The number of amides is 1. The number of anilines is 2. The first-order valence-corrected chi connectivity index (χ1v) is 10.4. The zero-order chi connectivity index (χ0) is 18.8. The molecule has 0 radical (unpaired) electrons. The Labute approximate surface area is 157 Å². The lowest BCUT2D eigenvalue weighted by Gasteiger charge is -2.28.